The summed E-state index contributed by atoms with van der Waals surface area (Å²) in [6.07, 6.45) is 27.7. The molecule has 0 aliphatic carbocycles. The van der Waals surface area contributed by atoms with E-state index in [1.54, 1.807) is 0 Å². The summed E-state index contributed by atoms with van der Waals surface area (Å²) in [7, 11) is 3.38. The van der Waals surface area contributed by atoms with Gasteiger partial charge in [-0.2, -0.15) is 0 Å². The van der Waals surface area contributed by atoms with E-state index in [0.717, 1.165) is 12.8 Å². The van der Waals surface area contributed by atoms with E-state index in [0.29, 0.717) is 17.6 Å². The Morgan fingerprint density at radius 1 is 0.718 bits per heavy atom. The molecular weight excluding hydrogens is 513 g/mol. The fraction of sp³-hybridized carbons (Fsp3) is 0.935. The van der Waals surface area contributed by atoms with E-state index < -0.39 is 13.9 Å². The molecule has 39 heavy (non-hydrogen) atoms. The van der Waals surface area contributed by atoms with Crippen molar-refractivity contribution in [2.75, 3.05) is 61.2 Å². The lowest BCUT2D eigenvalue weighted by Crippen LogP contribution is -2.37. The van der Waals surface area contributed by atoms with Crippen molar-refractivity contribution < 1.29 is 32.5 Å². The first-order chi connectivity index (χ1) is 18.7. The Morgan fingerprint density at radius 3 is 1.69 bits per heavy atom. The van der Waals surface area contributed by atoms with E-state index in [9.17, 15) is 9.46 Å². The van der Waals surface area contributed by atoms with Gasteiger partial charge in [0.25, 0.3) is 0 Å². The van der Waals surface area contributed by atoms with Gasteiger partial charge in [0.05, 0.1) is 34.4 Å². The zero-order valence-electron chi connectivity index (χ0n) is 26.4. The number of methoxy groups -OCH3 is 1. The Hall–Kier alpha value is -0.270. The quantitative estimate of drug-likeness (QED) is 0.0399. The van der Waals surface area contributed by atoms with E-state index in [2.05, 4.69) is 19.1 Å². The molecule has 1 unspecified atom stereocenters. The molecule has 2 atom stereocenters. The number of hydrogen-bond donors (Lipinski definition) is 1. The third kappa shape index (κ3) is 30.5. The summed E-state index contributed by atoms with van der Waals surface area (Å²) >= 11 is 0. The molecule has 0 aromatic rings. The number of quaternary nitrogens is 1. The van der Waals surface area contributed by atoms with Crippen molar-refractivity contribution in [1.29, 1.82) is 0 Å². The monoisotopic (exact) mass is 578 g/mol. The van der Waals surface area contributed by atoms with Crippen LogP contribution in [0.25, 0.3) is 0 Å². The number of phosphoric ester groups is 1. The van der Waals surface area contributed by atoms with Gasteiger partial charge in [0.1, 0.15) is 19.3 Å². The summed E-state index contributed by atoms with van der Waals surface area (Å²) in [6, 6.07) is 0. The molecular formula is C31H65NO6P+. The summed E-state index contributed by atoms with van der Waals surface area (Å²) in [5.74, 6) is 0. The molecule has 0 radical (unpaired) electrons. The molecule has 0 heterocycles. The van der Waals surface area contributed by atoms with Crippen LogP contribution in [-0.4, -0.2) is 76.7 Å². The van der Waals surface area contributed by atoms with Crippen LogP contribution < -0.4 is 0 Å². The maximum atomic E-state index is 12.2. The molecule has 0 aromatic carbocycles. The predicted molar refractivity (Wildman–Crippen MR) is 164 cm³/mol. The van der Waals surface area contributed by atoms with Crippen LogP contribution in [0, 0.1) is 0 Å². The highest BCUT2D eigenvalue weighted by Crippen LogP contribution is 2.44. The van der Waals surface area contributed by atoms with Crippen molar-refractivity contribution >= 4 is 7.82 Å². The Morgan fingerprint density at radius 2 is 1.21 bits per heavy atom. The van der Waals surface area contributed by atoms with Gasteiger partial charge in [-0.3, -0.25) is 9.05 Å². The Kier molecular flexibility index (Phi) is 26.4. The van der Waals surface area contributed by atoms with Gasteiger partial charge in [0, 0.05) is 13.7 Å². The molecule has 0 saturated heterocycles. The van der Waals surface area contributed by atoms with Crippen LogP contribution in [0.15, 0.2) is 12.2 Å². The van der Waals surface area contributed by atoms with Crippen LogP contribution in [0.4, 0.5) is 0 Å². The van der Waals surface area contributed by atoms with Gasteiger partial charge in [-0.05, 0) is 32.1 Å². The standard InChI is InChI=1S/C31H64NO6P/c1-6-7-8-9-10-11-12-13-14-15-16-17-18-19-20-21-22-23-24-25-27-36-30-31(29-35-5)38-39(33,34)37-28-26-32(2,3)4/h13-14,31H,6-12,15-30H2,1-5H3/p+1/t31-/m0/s1. The normalized spacial score (nSPS) is 14.7. The number of nitrogens with zero attached hydrogens (tertiary/aromatic N) is 1. The minimum absolute atomic E-state index is 0.148. The molecule has 0 fully saturated rings. The van der Waals surface area contributed by atoms with Gasteiger partial charge in [0.2, 0.25) is 0 Å². The maximum Gasteiger partial charge on any atom is 0.472 e. The molecule has 0 aliphatic rings. The molecule has 0 aliphatic heterocycles. The Balaban J connectivity index is 3.55. The minimum atomic E-state index is -4.14. The van der Waals surface area contributed by atoms with E-state index in [1.165, 1.54) is 110 Å². The molecule has 0 saturated carbocycles. The van der Waals surface area contributed by atoms with Crippen LogP contribution in [0.2, 0.25) is 0 Å². The maximum absolute atomic E-state index is 12.2. The van der Waals surface area contributed by atoms with E-state index in [4.69, 9.17) is 18.5 Å². The van der Waals surface area contributed by atoms with Gasteiger partial charge in [-0.1, -0.05) is 103 Å². The second kappa shape index (κ2) is 26.6. The Bertz CT molecular complexity index is 596. The van der Waals surface area contributed by atoms with Crippen LogP contribution in [0.1, 0.15) is 122 Å². The van der Waals surface area contributed by atoms with Crippen molar-refractivity contribution in [1.82, 2.24) is 0 Å². The van der Waals surface area contributed by atoms with Gasteiger partial charge in [0.15, 0.2) is 0 Å². The number of allylic oxidation sites excluding steroid dienone is 2. The molecule has 1 N–H and O–H groups in total. The highest BCUT2D eigenvalue weighted by Gasteiger charge is 2.27. The summed E-state index contributed by atoms with van der Waals surface area (Å²) in [5.41, 5.74) is 0. The first-order valence-electron chi connectivity index (χ1n) is 15.9. The molecule has 234 valence electrons. The van der Waals surface area contributed by atoms with Gasteiger partial charge < -0.3 is 18.9 Å². The van der Waals surface area contributed by atoms with Crippen LogP contribution in [0.5, 0.6) is 0 Å². The molecule has 0 rings (SSSR count). The first kappa shape index (κ1) is 38.7. The molecule has 0 aromatic heterocycles. The molecule has 8 heteroatoms. The summed E-state index contributed by atoms with van der Waals surface area (Å²) in [5, 5.41) is 0. The second-order valence-electron chi connectivity index (χ2n) is 11.9. The zero-order chi connectivity index (χ0) is 29.1. The van der Waals surface area contributed by atoms with Crippen molar-refractivity contribution in [2.45, 2.75) is 129 Å². The first-order valence-corrected chi connectivity index (χ1v) is 17.4. The highest BCUT2D eigenvalue weighted by molar-refractivity contribution is 7.47. The predicted octanol–water partition coefficient (Wildman–Crippen LogP) is 8.46. The lowest BCUT2D eigenvalue weighted by atomic mass is 10.1. The average molecular weight is 579 g/mol. The second-order valence-corrected chi connectivity index (χ2v) is 13.3. The number of phosphoric acid groups is 1. The van der Waals surface area contributed by atoms with Crippen LogP contribution in [-0.2, 0) is 23.1 Å². The van der Waals surface area contributed by atoms with Gasteiger partial charge in [-0.15, -0.1) is 0 Å². The number of likely N-dealkylation sites (N-methyl/N-ethyl adjacent to an activating group) is 1. The highest BCUT2D eigenvalue weighted by atomic mass is 31.2. The summed E-state index contributed by atoms with van der Waals surface area (Å²) in [6.45, 7) is 4.04. The van der Waals surface area contributed by atoms with Crippen molar-refractivity contribution in [2.24, 2.45) is 0 Å². The van der Waals surface area contributed by atoms with Crippen LogP contribution in [0.3, 0.4) is 0 Å². The van der Waals surface area contributed by atoms with Gasteiger partial charge in [-0.25, -0.2) is 4.57 Å². The lowest BCUT2D eigenvalue weighted by Gasteiger charge is -2.25. The molecule has 0 bridgehead atoms. The molecule has 0 amide bonds. The molecule has 7 nitrogen and oxygen atoms in total. The van der Waals surface area contributed by atoms with Crippen molar-refractivity contribution in [3.63, 3.8) is 0 Å². The fourth-order valence-corrected chi connectivity index (χ4v) is 5.19. The van der Waals surface area contributed by atoms with E-state index in [-0.39, 0.29) is 19.8 Å². The largest absolute Gasteiger partial charge is 0.472 e. The van der Waals surface area contributed by atoms with E-state index >= 15 is 0 Å². The van der Waals surface area contributed by atoms with Crippen molar-refractivity contribution in [3.8, 4) is 0 Å². The number of hydrogen-bond acceptors (Lipinski definition) is 5. The summed E-state index contributed by atoms with van der Waals surface area (Å²) in [4.78, 5) is 9.98. The third-order valence-corrected chi connectivity index (χ3v) is 7.83. The number of unbranched alkanes of at least 4 members (excludes halogenated alkanes) is 16. The smallest absolute Gasteiger partial charge is 0.382 e. The topological polar surface area (TPSA) is 74.2 Å². The van der Waals surface area contributed by atoms with E-state index in [1.807, 2.05) is 21.1 Å². The zero-order valence-corrected chi connectivity index (χ0v) is 27.3. The SMILES string of the molecule is CCCCCCCCC=CCCCCCCCCCCCCOC[C@H](COC)OP(=O)(O)OCC[N+](C)(C)C. The molecule has 0 spiro atoms. The average Bonchev–Trinajstić information content (AvgIpc) is 2.86. The summed E-state index contributed by atoms with van der Waals surface area (Å²) < 4.78 is 34.0. The third-order valence-electron chi connectivity index (χ3n) is 6.76. The van der Waals surface area contributed by atoms with Crippen LogP contribution >= 0.6 is 7.82 Å². The fourth-order valence-electron chi connectivity index (χ4n) is 4.32. The number of ether oxygens (including phenoxy) is 2. The minimum Gasteiger partial charge on any atom is -0.382 e. The number of rotatable bonds is 30. The van der Waals surface area contributed by atoms with Crippen molar-refractivity contribution in [3.05, 3.63) is 12.2 Å². The van der Waals surface area contributed by atoms with Gasteiger partial charge >= 0.3 is 7.82 Å². The Labute approximate surface area is 242 Å². The lowest BCUT2D eigenvalue weighted by molar-refractivity contribution is -0.870.